The van der Waals surface area contributed by atoms with Crippen molar-refractivity contribution in [2.24, 2.45) is 5.10 Å². The third kappa shape index (κ3) is 6.13. The van der Waals surface area contributed by atoms with Crippen LogP contribution in [0.5, 0.6) is 5.75 Å². The van der Waals surface area contributed by atoms with E-state index in [9.17, 15) is 9.18 Å². The number of nitrogens with one attached hydrogen (secondary N) is 1. The molecule has 29 heavy (non-hydrogen) atoms. The molecule has 148 valence electrons. The summed E-state index contributed by atoms with van der Waals surface area (Å²) in [5.41, 5.74) is 4.52. The maximum absolute atomic E-state index is 13.0. The van der Waals surface area contributed by atoms with E-state index < -0.39 is 0 Å². The van der Waals surface area contributed by atoms with Crippen LogP contribution < -0.4 is 10.2 Å². The van der Waals surface area contributed by atoms with E-state index >= 15 is 0 Å². The fraction of sp³-hybridized carbons (Fsp3) is 0.0476. The summed E-state index contributed by atoms with van der Waals surface area (Å²) >= 11 is 12.8. The van der Waals surface area contributed by atoms with Crippen molar-refractivity contribution in [1.29, 1.82) is 0 Å². The monoisotopic (exact) mass is 538 g/mol. The summed E-state index contributed by atoms with van der Waals surface area (Å²) in [7, 11) is 0. The van der Waals surface area contributed by atoms with E-state index in [-0.39, 0.29) is 11.7 Å². The van der Waals surface area contributed by atoms with Gasteiger partial charge in [-0.25, -0.2) is 9.82 Å². The maximum atomic E-state index is 13.0. The lowest BCUT2D eigenvalue weighted by Crippen LogP contribution is -2.17. The summed E-state index contributed by atoms with van der Waals surface area (Å²) in [4.78, 5) is 12.0. The molecule has 8 heteroatoms. The van der Waals surface area contributed by atoms with Crippen LogP contribution in [0.4, 0.5) is 4.39 Å². The topological polar surface area (TPSA) is 50.7 Å². The van der Waals surface area contributed by atoms with Gasteiger partial charge < -0.3 is 4.74 Å². The van der Waals surface area contributed by atoms with Crippen molar-refractivity contribution in [1.82, 2.24) is 5.43 Å². The Morgan fingerprint density at radius 2 is 1.69 bits per heavy atom. The smallest absolute Gasteiger partial charge is 0.271 e. The highest BCUT2D eigenvalue weighted by atomic mass is 79.9. The first kappa shape index (κ1) is 21.5. The predicted molar refractivity (Wildman–Crippen MR) is 119 cm³/mol. The Balaban J connectivity index is 1.63. The molecule has 0 atom stereocenters. The van der Waals surface area contributed by atoms with Crippen LogP contribution >= 0.6 is 43.5 Å². The number of benzene rings is 3. The molecule has 0 fully saturated rings. The summed E-state index contributed by atoms with van der Waals surface area (Å²) in [6, 6.07) is 16.2. The predicted octanol–water partition coefficient (Wildman–Crippen LogP) is 6.35. The summed E-state index contributed by atoms with van der Waals surface area (Å²) in [6.45, 7) is 0.294. The van der Waals surface area contributed by atoms with E-state index in [2.05, 4.69) is 42.4 Å². The molecule has 3 rings (SSSR count). The second-order valence-corrected chi connectivity index (χ2v) is 8.08. The Kier molecular flexibility index (Phi) is 7.41. The van der Waals surface area contributed by atoms with E-state index in [0.29, 0.717) is 31.9 Å². The zero-order valence-corrected chi connectivity index (χ0v) is 18.8. The minimum absolute atomic E-state index is 0.289. The van der Waals surface area contributed by atoms with Crippen LogP contribution in [0.15, 0.2) is 74.7 Å². The molecular weight excluding hydrogens is 527 g/mol. The van der Waals surface area contributed by atoms with E-state index in [0.717, 1.165) is 11.1 Å². The van der Waals surface area contributed by atoms with Crippen molar-refractivity contribution < 1.29 is 13.9 Å². The number of rotatable bonds is 6. The molecule has 0 aromatic heterocycles. The van der Waals surface area contributed by atoms with Crippen LogP contribution in [0.2, 0.25) is 5.02 Å². The van der Waals surface area contributed by atoms with Crippen molar-refractivity contribution in [3.8, 4) is 5.75 Å². The van der Waals surface area contributed by atoms with Gasteiger partial charge in [0.1, 0.15) is 18.2 Å². The molecule has 0 saturated carbocycles. The maximum Gasteiger partial charge on any atom is 0.271 e. The van der Waals surface area contributed by atoms with E-state index in [4.69, 9.17) is 16.3 Å². The number of hydrazone groups is 1. The lowest BCUT2D eigenvalue weighted by Gasteiger charge is -2.11. The molecule has 0 aliphatic carbocycles. The van der Waals surface area contributed by atoms with Gasteiger partial charge in [-0.05, 0) is 91.5 Å². The Hall–Kier alpha value is -2.22. The molecule has 0 spiro atoms. The molecule has 0 aliphatic rings. The minimum Gasteiger partial charge on any atom is -0.487 e. The molecule has 0 radical (unpaired) electrons. The van der Waals surface area contributed by atoms with Gasteiger partial charge in [-0.1, -0.05) is 23.7 Å². The molecule has 0 unspecified atom stereocenters. The Labute approximate surface area is 189 Å². The average Bonchev–Trinajstić information content (AvgIpc) is 2.69. The molecule has 0 aliphatic heterocycles. The molecule has 3 aromatic carbocycles. The van der Waals surface area contributed by atoms with Gasteiger partial charge >= 0.3 is 0 Å². The van der Waals surface area contributed by atoms with E-state index in [1.807, 2.05) is 12.1 Å². The number of carbonyl (C=O) groups is 1. The number of hydrogen-bond donors (Lipinski definition) is 1. The molecule has 0 saturated heterocycles. The molecule has 0 heterocycles. The van der Waals surface area contributed by atoms with Crippen LogP contribution in [0.1, 0.15) is 21.5 Å². The fourth-order valence-electron chi connectivity index (χ4n) is 2.36. The van der Waals surface area contributed by atoms with Crippen molar-refractivity contribution in [3.63, 3.8) is 0 Å². The third-order valence-corrected chi connectivity index (χ3v) is 5.23. The lowest BCUT2D eigenvalue weighted by molar-refractivity contribution is 0.0955. The summed E-state index contributed by atoms with van der Waals surface area (Å²) in [5, 5.41) is 4.54. The van der Waals surface area contributed by atoms with Gasteiger partial charge in [0.2, 0.25) is 0 Å². The first-order valence-corrected chi connectivity index (χ1v) is 10.3. The molecule has 1 N–H and O–H groups in total. The summed E-state index contributed by atoms with van der Waals surface area (Å²) in [6.07, 6.45) is 1.52. The minimum atomic E-state index is -0.338. The zero-order chi connectivity index (χ0) is 20.8. The second-order valence-electron chi connectivity index (χ2n) is 5.93. The van der Waals surface area contributed by atoms with Crippen LogP contribution in [0.3, 0.4) is 0 Å². The molecule has 3 aromatic rings. The standard InChI is InChI=1S/C21H14Br2ClFN2O2/c22-18-9-14(11-26-27-21(28)15-3-5-16(24)6-4-15)10-19(23)20(18)29-12-13-1-7-17(25)8-2-13/h1-11H,12H2,(H,27,28)/b26-11-. The number of carbonyl (C=O) groups excluding carboxylic acids is 1. The van der Waals surface area contributed by atoms with Gasteiger partial charge in [-0.3, -0.25) is 4.79 Å². The fourth-order valence-corrected chi connectivity index (χ4v) is 3.94. The first-order valence-electron chi connectivity index (χ1n) is 8.37. The van der Waals surface area contributed by atoms with Crippen molar-refractivity contribution in [2.75, 3.05) is 0 Å². The largest absolute Gasteiger partial charge is 0.487 e. The van der Waals surface area contributed by atoms with E-state index in [1.165, 1.54) is 18.3 Å². The second kappa shape index (κ2) is 10.0. The number of halogens is 4. The van der Waals surface area contributed by atoms with Crippen molar-refractivity contribution in [3.05, 3.63) is 97.1 Å². The summed E-state index contributed by atoms with van der Waals surface area (Å²) in [5.74, 6) is -0.0186. The van der Waals surface area contributed by atoms with Gasteiger partial charge in [-0.15, -0.1) is 0 Å². The molecule has 1 amide bonds. The van der Waals surface area contributed by atoms with Gasteiger partial charge in [0, 0.05) is 10.6 Å². The highest BCUT2D eigenvalue weighted by Crippen LogP contribution is 2.35. The highest BCUT2D eigenvalue weighted by molar-refractivity contribution is 9.11. The summed E-state index contributed by atoms with van der Waals surface area (Å²) < 4.78 is 20.2. The number of hydrogen-bond acceptors (Lipinski definition) is 3. The van der Waals surface area contributed by atoms with E-state index in [1.54, 1.807) is 36.4 Å². The van der Waals surface area contributed by atoms with Gasteiger partial charge in [0.15, 0.2) is 0 Å². The first-order chi connectivity index (χ1) is 13.9. The van der Waals surface area contributed by atoms with Gasteiger partial charge in [-0.2, -0.15) is 5.10 Å². The van der Waals surface area contributed by atoms with Gasteiger partial charge in [0.05, 0.1) is 15.2 Å². The Morgan fingerprint density at radius 1 is 1.07 bits per heavy atom. The quantitative estimate of drug-likeness (QED) is 0.293. The number of amides is 1. The zero-order valence-electron chi connectivity index (χ0n) is 14.8. The van der Waals surface area contributed by atoms with Crippen LogP contribution in [0.25, 0.3) is 0 Å². The molecular formula is C21H14Br2ClFN2O2. The Bertz CT molecular complexity index is 1020. The molecule has 0 bridgehead atoms. The average molecular weight is 541 g/mol. The number of ether oxygens (including phenoxy) is 1. The van der Waals surface area contributed by atoms with Crippen molar-refractivity contribution in [2.45, 2.75) is 6.61 Å². The molecule has 4 nitrogen and oxygen atoms in total. The SMILES string of the molecule is O=C(N/N=C\c1cc(Br)c(OCc2ccc(F)cc2)c(Br)c1)c1ccc(Cl)cc1. The van der Waals surface area contributed by atoms with Crippen LogP contribution in [-0.4, -0.2) is 12.1 Å². The third-order valence-electron chi connectivity index (χ3n) is 3.80. The lowest BCUT2D eigenvalue weighted by atomic mass is 10.2. The van der Waals surface area contributed by atoms with Gasteiger partial charge in [0.25, 0.3) is 5.91 Å². The van der Waals surface area contributed by atoms with Crippen LogP contribution in [-0.2, 0) is 6.61 Å². The Morgan fingerprint density at radius 3 is 2.31 bits per heavy atom. The number of nitrogens with zero attached hydrogens (tertiary/aromatic N) is 1. The van der Waals surface area contributed by atoms with Crippen molar-refractivity contribution >= 4 is 55.6 Å². The normalized spacial score (nSPS) is 10.9. The van der Waals surface area contributed by atoms with Crippen LogP contribution in [0, 0.1) is 5.82 Å². The highest BCUT2D eigenvalue weighted by Gasteiger charge is 2.09.